The van der Waals surface area contributed by atoms with Crippen LogP contribution in [0.4, 0.5) is 10.5 Å². The van der Waals surface area contributed by atoms with Gasteiger partial charge in [0.15, 0.2) is 0 Å². The number of fused-ring (bicyclic) bond motifs is 2. The van der Waals surface area contributed by atoms with Crippen LogP contribution in [-0.2, 0) is 24.3 Å². The Morgan fingerprint density at radius 1 is 1.06 bits per heavy atom. The van der Waals surface area contributed by atoms with Crippen molar-refractivity contribution in [2.24, 2.45) is 0 Å². The van der Waals surface area contributed by atoms with Crippen molar-refractivity contribution in [2.45, 2.75) is 32.5 Å². The summed E-state index contributed by atoms with van der Waals surface area (Å²) in [5, 5.41) is 0. The minimum Gasteiger partial charge on any atom is -0.497 e. The molecule has 3 heterocycles. The second-order valence-corrected chi connectivity index (χ2v) is 8.07. The zero-order chi connectivity index (χ0) is 22.4. The fraction of sp³-hybridized carbons (Fsp3) is 0.292. The summed E-state index contributed by atoms with van der Waals surface area (Å²) in [7, 11) is 3.24. The molecule has 8 nitrogen and oxygen atoms in total. The van der Waals surface area contributed by atoms with Crippen LogP contribution in [0.15, 0.2) is 48.8 Å². The summed E-state index contributed by atoms with van der Waals surface area (Å²) in [6.07, 6.45) is 2.24. The van der Waals surface area contributed by atoms with Crippen molar-refractivity contribution in [3.8, 4) is 11.5 Å². The summed E-state index contributed by atoms with van der Waals surface area (Å²) >= 11 is 0. The fourth-order valence-electron chi connectivity index (χ4n) is 4.52. The van der Waals surface area contributed by atoms with E-state index in [1.54, 1.807) is 49.7 Å². The molecule has 1 unspecified atom stereocenters. The van der Waals surface area contributed by atoms with Gasteiger partial charge in [-0.3, -0.25) is 4.79 Å². The van der Waals surface area contributed by atoms with Crippen LogP contribution in [0.2, 0.25) is 0 Å². The molecule has 5 rings (SSSR count). The number of aromatic nitrogens is 2. The van der Waals surface area contributed by atoms with Gasteiger partial charge in [0.1, 0.15) is 17.5 Å². The molecular formula is C24H24N4O4. The Kier molecular flexibility index (Phi) is 4.84. The zero-order valence-corrected chi connectivity index (χ0v) is 18.2. The number of nitrogens with zero attached hydrogens (tertiary/aromatic N) is 4. The van der Waals surface area contributed by atoms with Crippen molar-refractivity contribution in [1.29, 1.82) is 0 Å². The van der Waals surface area contributed by atoms with Gasteiger partial charge in [-0.25, -0.2) is 14.7 Å². The van der Waals surface area contributed by atoms with Gasteiger partial charge in [0, 0.05) is 18.7 Å². The third-order valence-electron chi connectivity index (χ3n) is 6.20. The maximum atomic E-state index is 13.2. The van der Waals surface area contributed by atoms with Crippen LogP contribution in [-0.4, -0.2) is 46.7 Å². The standard InChI is InChI=1S/C24H24N4O4/c1-15-10-16(4-9-22(15)32-3)12-26-14-25-19-13-27-21(11-20(19)26)23(29)28(24(27)30)17-5-7-18(31-2)8-6-17/h4-10,14,21H,11-13H2,1-3H3. The number of amides is 3. The van der Waals surface area contributed by atoms with Crippen molar-refractivity contribution in [3.63, 3.8) is 0 Å². The maximum Gasteiger partial charge on any atom is 0.332 e. The van der Waals surface area contributed by atoms with Crippen LogP contribution in [0.1, 0.15) is 22.5 Å². The molecule has 164 valence electrons. The second-order valence-electron chi connectivity index (χ2n) is 8.07. The summed E-state index contributed by atoms with van der Waals surface area (Å²) in [6, 6.07) is 12.2. The molecule has 32 heavy (non-hydrogen) atoms. The summed E-state index contributed by atoms with van der Waals surface area (Å²) in [5.74, 6) is 1.31. The van der Waals surface area contributed by atoms with Crippen LogP contribution in [0, 0.1) is 6.92 Å². The van der Waals surface area contributed by atoms with E-state index >= 15 is 0 Å². The van der Waals surface area contributed by atoms with Gasteiger partial charge in [0.2, 0.25) is 0 Å². The number of hydrogen-bond acceptors (Lipinski definition) is 5. The zero-order valence-electron chi connectivity index (χ0n) is 18.2. The third kappa shape index (κ3) is 3.19. The molecule has 0 radical (unpaired) electrons. The number of rotatable bonds is 5. The predicted octanol–water partition coefficient (Wildman–Crippen LogP) is 3.15. The largest absolute Gasteiger partial charge is 0.497 e. The number of imide groups is 1. The lowest BCUT2D eigenvalue weighted by molar-refractivity contribution is -0.120. The average Bonchev–Trinajstić information content (AvgIpc) is 3.30. The molecule has 2 aliphatic rings. The first-order chi connectivity index (χ1) is 15.5. The molecule has 3 aromatic rings. The van der Waals surface area contributed by atoms with Gasteiger partial charge in [0.05, 0.1) is 38.5 Å². The number of carbonyl (C=O) groups excluding carboxylic acids is 2. The average molecular weight is 432 g/mol. The molecule has 2 aromatic carbocycles. The number of carbonyl (C=O) groups is 2. The Bertz CT molecular complexity index is 1200. The topological polar surface area (TPSA) is 76.9 Å². The highest BCUT2D eigenvalue weighted by Gasteiger charge is 2.49. The van der Waals surface area contributed by atoms with Crippen molar-refractivity contribution in [3.05, 3.63) is 71.3 Å². The van der Waals surface area contributed by atoms with E-state index in [0.717, 1.165) is 28.3 Å². The summed E-state index contributed by atoms with van der Waals surface area (Å²) in [4.78, 5) is 33.7. The predicted molar refractivity (Wildman–Crippen MR) is 118 cm³/mol. The van der Waals surface area contributed by atoms with E-state index in [1.807, 2.05) is 19.1 Å². The van der Waals surface area contributed by atoms with Crippen LogP contribution >= 0.6 is 0 Å². The quantitative estimate of drug-likeness (QED) is 0.579. The molecule has 1 aromatic heterocycles. The molecule has 0 bridgehead atoms. The monoisotopic (exact) mass is 432 g/mol. The number of imidazole rings is 1. The van der Waals surface area contributed by atoms with E-state index in [4.69, 9.17) is 9.47 Å². The maximum absolute atomic E-state index is 13.2. The van der Waals surface area contributed by atoms with Crippen molar-refractivity contribution < 1.29 is 19.1 Å². The van der Waals surface area contributed by atoms with Crippen molar-refractivity contribution in [2.75, 3.05) is 19.1 Å². The molecular weight excluding hydrogens is 408 g/mol. The number of ether oxygens (including phenoxy) is 2. The Hall–Kier alpha value is -3.81. The molecule has 0 aliphatic carbocycles. The van der Waals surface area contributed by atoms with Gasteiger partial charge in [-0.2, -0.15) is 0 Å². The summed E-state index contributed by atoms with van der Waals surface area (Å²) < 4.78 is 12.6. The molecule has 8 heteroatoms. The summed E-state index contributed by atoms with van der Waals surface area (Å²) in [5.41, 5.74) is 4.57. The first kappa shape index (κ1) is 20.1. The van der Waals surface area contributed by atoms with Gasteiger partial charge in [-0.05, 0) is 48.4 Å². The van der Waals surface area contributed by atoms with E-state index in [9.17, 15) is 9.59 Å². The Labute approximate surface area is 186 Å². The van der Waals surface area contributed by atoms with Gasteiger partial charge < -0.3 is 18.9 Å². The lowest BCUT2D eigenvalue weighted by atomic mass is 10.0. The smallest absolute Gasteiger partial charge is 0.332 e. The number of methoxy groups -OCH3 is 2. The van der Waals surface area contributed by atoms with Crippen molar-refractivity contribution in [1.82, 2.24) is 14.5 Å². The minimum atomic E-state index is -0.523. The van der Waals surface area contributed by atoms with E-state index in [1.165, 1.54) is 4.90 Å². The molecule has 1 atom stereocenters. The van der Waals surface area contributed by atoms with E-state index in [0.29, 0.717) is 30.9 Å². The number of benzene rings is 2. The number of aryl methyl sites for hydroxylation is 1. The summed E-state index contributed by atoms with van der Waals surface area (Å²) in [6.45, 7) is 2.98. The molecule has 3 amide bonds. The third-order valence-corrected chi connectivity index (χ3v) is 6.20. The Balaban J connectivity index is 1.40. The lowest BCUT2D eigenvalue weighted by Crippen LogP contribution is -2.40. The van der Waals surface area contributed by atoms with Gasteiger partial charge in [0.25, 0.3) is 5.91 Å². The lowest BCUT2D eigenvalue weighted by Gasteiger charge is -2.27. The van der Waals surface area contributed by atoms with Crippen LogP contribution in [0.3, 0.4) is 0 Å². The SMILES string of the molecule is COc1ccc(N2C(=O)C3Cc4c(ncn4Cc4ccc(OC)c(C)c4)CN3C2=O)cc1. The normalized spacial score (nSPS) is 17.4. The molecule has 0 saturated carbocycles. The highest BCUT2D eigenvalue weighted by atomic mass is 16.5. The van der Waals surface area contributed by atoms with E-state index in [-0.39, 0.29) is 11.9 Å². The highest BCUT2D eigenvalue weighted by molar-refractivity contribution is 6.21. The van der Waals surface area contributed by atoms with Gasteiger partial charge in [-0.1, -0.05) is 12.1 Å². The van der Waals surface area contributed by atoms with Gasteiger partial charge >= 0.3 is 6.03 Å². The van der Waals surface area contributed by atoms with Crippen LogP contribution in [0.25, 0.3) is 0 Å². The number of urea groups is 1. The second kappa shape index (κ2) is 7.71. The number of anilines is 1. The van der Waals surface area contributed by atoms with Crippen molar-refractivity contribution >= 4 is 17.6 Å². The minimum absolute atomic E-state index is 0.209. The van der Waals surface area contributed by atoms with Crippen LogP contribution < -0.4 is 14.4 Å². The molecule has 0 spiro atoms. The number of hydrogen-bond donors (Lipinski definition) is 0. The molecule has 0 N–H and O–H groups in total. The fourth-order valence-corrected chi connectivity index (χ4v) is 4.52. The molecule has 1 fully saturated rings. The first-order valence-electron chi connectivity index (χ1n) is 10.4. The van der Waals surface area contributed by atoms with E-state index < -0.39 is 6.04 Å². The Morgan fingerprint density at radius 2 is 1.84 bits per heavy atom. The van der Waals surface area contributed by atoms with Crippen LogP contribution in [0.5, 0.6) is 11.5 Å². The highest BCUT2D eigenvalue weighted by Crippen LogP contribution is 2.33. The molecule has 2 aliphatic heterocycles. The van der Waals surface area contributed by atoms with E-state index in [2.05, 4.69) is 15.6 Å². The van der Waals surface area contributed by atoms with Gasteiger partial charge in [-0.15, -0.1) is 0 Å². The first-order valence-corrected chi connectivity index (χ1v) is 10.4. The molecule has 1 saturated heterocycles. The Morgan fingerprint density at radius 3 is 2.53 bits per heavy atom.